The summed E-state index contributed by atoms with van der Waals surface area (Å²) in [6.45, 7) is 4.16. The minimum Gasteiger partial charge on any atom is -0.492 e. The minimum absolute atomic E-state index is 0.145. The SMILES string of the molecule is Cc1ccc2nccc(N3CCC(O)(CN(C)C(=O)c4ccc(OCCN)cc4)C3)c2n1. The molecule has 1 saturated heterocycles. The molecule has 8 heteroatoms. The van der Waals surface area contributed by atoms with Crippen LogP contribution >= 0.6 is 0 Å². The lowest BCUT2D eigenvalue weighted by Gasteiger charge is -2.29. The van der Waals surface area contributed by atoms with E-state index in [4.69, 9.17) is 10.5 Å². The van der Waals surface area contributed by atoms with Gasteiger partial charge in [0, 0.05) is 44.1 Å². The number of aryl methyl sites for hydroxylation is 1. The van der Waals surface area contributed by atoms with Crippen molar-refractivity contribution in [1.82, 2.24) is 14.9 Å². The summed E-state index contributed by atoms with van der Waals surface area (Å²) in [4.78, 5) is 25.6. The molecule has 1 aromatic carbocycles. The van der Waals surface area contributed by atoms with Gasteiger partial charge in [0.15, 0.2) is 0 Å². The number of aliphatic hydroxyl groups is 1. The van der Waals surface area contributed by atoms with Crippen LogP contribution < -0.4 is 15.4 Å². The molecule has 0 saturated carbocycles. The third-order valence-corrected chi connectivity index (χ3v) is 5.74. The van der Waals surface area contributed by atoms with E-state index in [1.165, 1.54) is 0 Å². The number of hydrogen-bond donors (Lipinski definition) is 2. The first kappa shape index (κ1) is 22.0. The quantitative estimate of drug-likeness (QED) is 0.585. The number of nitrogens with zero attached hydrogens (tertiary/aromatic N) is 4. The highest BCUT2D eigenvalue weighted by Gasteiger charge is 2.38. The second-order valence-electron chi connectivity index (χ2n) is 8.37. The highest BCUT2D eigenvalue weighted by molar-refractivity contribution is 5.94. The van der Waals surface area contributed by atoms with Crippen LogP contribution in [0.2, 0.25) is 0 Å². The molecule has 0 aliphatic carbocycles. The lowest BCUT2D eigenvalue weighted by Crippen LogP contribution is -2.45. The van der Waals surface area contributed by atoms with Gasteiger partial charge in [0.05, 0.1) is 17.7 Å². The maximum Gasteiger partial charge on any atom is 0.253 e. The molecule has 1 atom stereocenters. The summed E-state index contributed by atoms with van der Waals surface area (Å²) in [7, 11) is 1.72. The van der Waals surface area contributed by atoms with Crippen molar-refractivity contribution in [1.29, 1.82) is 0 Å². The Morgan fingerprint density at radius 1 is 1.25 bits per heavy atom. The predicted molar refractivity (Wildman–Crippen MR) is 124 cm³/mol. The number of carbonyl (C=O) groups is 1. The lowest BCUT2D eigenvalue weighted by atomic mass is 10.0. The van der Waals surface area contributed by atoms with E-state index in [9.17, 15) is 9.90 Å². The molecule has 0 spiro atoms. The van der Waals surface area contributed by atoms with Gasteiger partial charge in [-0.3, -0.25) is 9.78 Å². The van der Waals surface area contributed by atoms with Crippen LogP contribution in [0.5, 0.6) is 5.75 Å². The monoisotopic (exact) mass is 435 g/mol. The zero-order chi connectivity index (χ0) is 22.7. The van der Waals surface area contributed by atoms with E-state index in [1.807, 2.05) is 25.1 Å². The van der Waals surface area contributed by atoms with Crippen molar-refractivity contribution in [2.75, 3.05) is 44.7 Å². The summed E-state index contributed by atoms with van der Waals surface area (Å²) in [6, 6.07) is 12.8. The fraction of sp³-hybridized carbons (Fsp3) is 0.375. The Hall–Kier alpha value is -3.23. The molecule has 0 radical (unpaired) electrons. The zero-order valence-electron chi connectivity index (χ0n) is 18.5. The Morgan fingerprint density at radius 3 is 2.78 bits per heavy atom. The number of ether oxygens (including phenoxy) is 1. The second-order valence-corrected chi connectivity index (χ2v) is 8.37. The molecule has 1 aliphatic heterocycles. The van der Waals surface area contributed by atoms with Crippen molar-refractivity contribution >= 4 is 22.6 Å². The Morgan fingerprint density at radius 2 is 2.03 bits per heavy atom. The lowest BCUT2D eigenvalue weighted by molar-refractivity contribution is 0.0264. The van der Waals surface area contributed by atoms with Crippen LogP contribution in [0.1, 0.15) is 22.5 Å². The molecule has 168 valence electrons. The number of fused-ring (bicyclic) bond motifs is 1. The highest BCUT2D eigenvalue weighted by Crippen LogP contribution is 2.31. The van der Waals surface area contributed by atoms with Gasteiger partial charge < -0.3 is 25.4 Å². The maximum absolute atomic E-state index is 12.9. The first-order valence-electron chi connectivity index (χ1n) is 10.8. The summed E-state index contributed by atoms with van der Waals surface area (Å²) in [5, 5.41) is 11.3. The largest absolute Gasteiger partial charge is 0.492 e. The molecular formula is C24H29N5O3. The first-order chi connectivity index (χ1) is 15.4. The van der Waals surface area contributed by atoms with E-state index in [-0.39, 0.29) is 12.5 Å². The number of nitrogens with two attached hydrogens (primary N) is 1. The van der Waals surface area contributed by atoms with Crippen molar-refractivity contribution < 1.29 is 14.6 Å². The van der Waals surface area contributed by atoms with Gasteiger partial charge >= 0.3 is 0 Å². The third-order valence-electron chi connectivity index (χ3n) is 5.74. The van der Waals surface area contributed by atoms with Crippen LogP contribution in [0.25, 0.3) is 11.0 Å². The summed E-state index contributed by atoms with van der Waals surface area (Å²) in [6.07, 6.45) is 2.33. The number of rotatable bonds is 7. The van der Waals surface area contributed by atoms with Gasteiger partial charge in [-0.15, -0.1) is 0 Å². The number of hydrogen-bond acceptors (Lipinski definition) is 7. The molecule has 1 aliphatic rings. The predicted octanol–water partition coefficient (Wildman–Crippen LogP) is 1.99. The average molecular weight is 436 g/mol. The molecular weight excluding hydrogens is 406 g/mol. The number of aromatic nitrogens is 2. The molecule has 1 unspecified atom stereocenters. The molecule has 3 aromatic rings. The Balaban J connectivity index is 1.44. The molecule has 1 amide bonds. The number of amides is 1. The summed E-state index contributed by atoms with van der Waals surface area (Å²) in [5.41, 5.74) is 8.52. The van der Waals surface area contributed by atoms with Gasteiger partial charge in [0.2, 0.25) is 0 Å². The van der Waals surface area contributed by atoms with Crippen LogP contribution in [0, 0.1) is 6.92 Å². The molecule has 0 bridgehead atoms. The third kappa shape index (κ3) is 4.66. The molecule has 4 rings (SSSR count). The van der Waals surface area contributed by atoms with Gasteiger partial charge in [0.25, 0.3) is 5.91 Å². The number of anilines is 1. The number of pyridine rings is 2. The number of likely N-dealkylation sites (N-methyl/N-ethyl adjacent to an activating group) is 1. The van der Waals surface area contributed by atoms with E-state index in [0.717, 1.165) is 22.4 Å². The Labute approximate surface area is 187 Å². The topological polar surface area (TPSA) is 105 Å². The zero-order valence-corrected chi connectivity index (χ0v) is 18.5. The van der Waals surface area contributed by atoms with Gasteiger partial charge in [-0.25, -0.2) is 4.98 Å². The van der Waals surface area contributed by atoms with Crippen molar-refractivity contribution in [3.05, 3.63) is 59.9 Å². The Kier molecular flexibility index (Phi) is 6.25. The fourth-order valence-corrected chi connectivity index (χ4v) is 4.16. The van der Waals surface area contributed by atoms with E-state index in [0.29, 0.717) is 44.0 Å². The van der Waals surface area contributed by atoms with E-state index in [1.54, 1.807) is 42.4 Å². The van der Waals surface area contributed by atoms with Gasteiger partial charge in [-0.2, -0.15) is 0 Å². The molecule has 32 heavy (non-hydrogen) atoms. The molecule has 3 N–H and O–H groups in total. The average Bonchev–Trinajstić information content (AvgIpc) is 3.18. The van der Waals surface area contributed by atoms with Crippen molar-refractivity contribution in [2.24, 2.45) is 5.73 Å². The van der Waals surface area contributed by atoms with E-state index < -0.39 is 5.60 Å². The Bertz CT molecular complexity index is 1100. The van der Waals surface area contributed by atoms with Crippen LogP contribution in [-0.2, 0) is 0 Å². The highest BCUT2D eigenvalue weighted by atomic mass is 16.5. The van der Waals surface area contributed by atoms with Gasteiger partial charge in [-0.1, -0.05) is 0 Å². The van der Waals surface area contributed by atoms with Crippen LogP contribution in [0.4, 0.5) is 5.69 Å². The van der Waals surface area contributed by atoms with Crippen molar-refractivity contribution in [3.8, 4) is 5.75 Å². The molecule has 8 nitrogen and oxygen atoms in total. The summed E-state index contributed by atoms with van der Waals surface area (Å²) >= 11 is 0. The normalized spacial score (nSPS) is 18.2. The number of carbonyl (C=O) groups excluding carboxylic acids is 1. The summed E-state index contributed by atoms with van der Waals surface area (Å²) in [5.74, 6) is 0.530. The van der Waals surface area contributed by atoms with Crippen molar-refractivity contribution in [2.45, 2.75) is 18.9 Å². The standard InChI is InChI=1S/C24H29N5O3/c1-17-3-8-20-22(27-17)21(9-12-26-20)29-13-10-24(31,16-29)15-28(2)23(30)18-4-6-19(7-5-18)32-14-11-25/h3-9,12,31H,10-11,13-16,25H2,1-2H3. The second kappa shape index (κ2) is 9.10. The van der Waals surface area contributed by atoms with Gasteiger partial charge in [0.1, 0.15) is 23.5 Å². The van der Waals surface area contributed by atoms with Crippen LogP contribution in [0.15, 0.2) is 48.7 Å². The smallest absolute Gasteiger partial charge is 0.253 e. The minimum atomic E-state index is -1.01. The van der Waals surface area contributed by atoms with E-state index >= 15 is 0 Å². The number of β-amino-alcohol motifs (C(OH)–C–C–N with tert-alkyl or cyclic N) is 1. The van der Waals surface area contributed by atoms with Crippen molar-refractivity contribution in [3.63, 3.8) is 0 Å². The van der Waals surface area contributed by atoms with Crippen LogP contribution in [-0.4, -0.2) is 71.3 Å². The first-order valence-corrected chi connectivity index (χ1v) is 10.8. The van der Waals surface area contributed by atoms with Crippen LogP contribution in [0.3, 0.4) is 0 Å². The number of benzene rings is 1. The maximum atomic E-state index is 12.9. The summed E-state index contributed by atoms with van der Waals surface area (Å²) < 4.78 is 5.46. The molecule has 2 aromatic heterocycles. The molecule has 3 heterocycles. The van der Waals surface area contributed by atoms with Gasteiger partial charge in [-0.05, 0) is 55.8 Å². The molecule has 1 fully saturated rings. The van der Waals surface area contributed by atoms with E-state index in [2.05, 4.69) is 14.9 Å². The fourth-order valence-electron chi connectivity index (χ4n) is 4.16.